The van der Waals surface area contributed by atoms with Gasteiger partial charge in [0, 0.05) is 5.56 Å². The maximum atomic E-state index is 11.8. The first-order valence-electron chi connectivity index (χ1n) is 5.84. The van der Waals surface area contributed by atoms with Crippen molar-refractivity contribution < 1.29 is 13.9 Å². The number of nitrogens with zero attached hydrogens (tertiary/aromatic N) is 1. The normalized spacial score (nSPS) is 11.2. The van der Waals surface area contributed by atoms with Crippen molar-refractivity contribution >= 4 is 27.5 Å². The van der Waals surface area contributed by atoms with E-state index in [0.717, 1.165) is 11.3 Å². The van der Waals surface area contributed by atoms with Crippen LogP contribution in [-0.2, 0) is 0 Å². The molecule has 0 atom stereocenters. The van der Waals surface area contributed by atoms with Gasteiger partial charge < -0.3 is 9.15 Å². The van der Waals surface area contributed by atoms with E-state index in [1.54, 1.807) is 26.2 Å². The molecule has 0 radical (unpaired) electrons. The summed E-state index contributed by atoms with van der Waals surface area (Å²) < 4.78 is 10.8. The summed E-state index contributed by atoms with van der Waals surface area (Å²) >= 11 is 3.14. The number of hydrazone groups is 1. The summed E-state index contributed by atoms with van der Waals surface area (Å²) in [6.07, 6.45) is 0. The molecule has 0 saturated carbocycles. The summed E-state index contributed by atoms with van der Waals surface area (Å²) in [4.78, 5) is 11.8. The summed E-state index contributed by atoms with van der Waals surface area (Å²) in [5.41, 5.74) is 3.98. The molecule has 0 unspecified atom stereocenters. The van der Waals surface area contributed by atoms with E-state index in [-0.39, 0.29) is 5.76 Å². The number of methoxy groups -OCH3 is 1. The fourth-order valence-electron chi connectivity index (χ4n) is 1.54. The van der Waals surface area contributed by atoms with Gasteiger partial charge in [0.15, 0.2) is 10.4 Å². The quantitative estimate of drug-likeness (QED) is 0.688. The van der Waals surface area contributed by atoms with Crippen molar-refractivity contribution in [2.75, 3.05) is 7.11 Å². The lowest BCUT2D eigenvalue weighted by Crippen LogP contribution is -2.18. The number of hydrogen-bond donors (Lipinski definition) is 1. The Kier molecular flexibility index (Phi) is 4.57. The standard InChI is InChI=1S/C14H13BrN2O3/c1-9(10-4-3-5-11(8-10)19-2)16-17-14(18)12-6-7-13(15)20-12/h3-8H,1-2H3,(H,17,18)/b16-9+. The molecular formula is C14H13BrN2O3. The number of furan rings is 1. The van der Waals surface area contributed by atoms with E-state index in [1.165, 1.54) is 0 Å². The molecule has 0 aliphatic carbocycles. The summed E-state index contributed by atoms with van der Waals surface area (Å²) in [6.45, 7) is 1.80. The number of amides is 1. The molecule has 0 spiro atoms. The van der Waals surface area contributed by atoms with Crippen LogP contribution in [0.25, 0.3) is 0 Å². The van der Waals surface area contributed by atoms with Crippen molar-refractivity contribution in [2.45, 2.75) is 6.92 Å². The number of ether oxygens (including phenoxy) is 1. The molecule has 5 nitrogen and oxygen atoms in total. The van der Waals surface area contributed by atoms with Crippen molar-refractivity contribution in [1.29, 1.82) is 0 Å². The highest BCUT2D eigenvalue weighted by molar-refractivity contribution is 9.10. The van der Waals surface area contributed by atoms with E-state index in [9.17, 15) is 4.79 Å². The van der Waals surface area contributed by atoms with Crippen LogP contribution in [0.2, 0.25) is 0 Å². The number of nitrogens with one attached hydrogen (secondary N) is 1. The summed E-state index contributed by atoms with van der Waals surface area (Å²) in [5, 5.41) is 4.04. The molecule has 1 N–H and O–H groups in total. The van der Waals surface area contributed by atoms with Crippen molar-refractivity contribution in [3.8, 4) is 5.75 Å². The molecule has 1 aromatic heterocycles. The average Bonchev–Trinajstić information content (AvgIpc) is 2.91. The molecule has 6 heteroatoms. The Morgan fingerprint density at radius 3 is 2.80 bits per heavy atom. The molecule has 0 aliphatic rings. The van der Waals surface area contributed by atoms with Gasteiger partial charge in [-0.3, -0.25) is 4.79 Å². The predicted octanol–water partition coefficient (Wildman–Crippen LogP) is 3.20. The fraction of sp³-hybridized carbons (Fsp3) is 0.143. The monoisotopic (exact) mass is 336 g/mol. The molecule has 0 fully saturated rings. The van der Waals surface area contributed by atoms with Crippen LogP contribution >= 0.6 is 15.9 Å². The molecule has 2 aromatic rings. The van der Waals surface area contributed by atoms with Crippen LogP contribution in [0.15, 0.2) is 50.6 Å². The number of rotatable bonds is 4. The van der Waals surface area contributed by atoms with Crippen LogP contribution in [0, 0.1) is 0 Å². The Morgan fingerprint density at radius 1 is 1.35 bits per heavy atom. The molecule has 1 aromatic carbocycles. The second-order valence-corrected chi connectivity index (χ2v) is 4.76. The van der Waals surface area contributed by atoms with E-state index in [1.807, 2.05) is 24.3 Å². The third kappa shape index (κ3) is 3.48. The number of carbonyl (C=O) groups excluding carboxylic acids is 1. The Bertz CT molecular complexity index is 649. The summed E-state index contributed by atoms with van der Waals surface area (Å²) in [6, 6.07) is 10.6. The molecule has 2 rings (SSSR count). The van der Waals surface area contributed by atoms with E-state index in [2.05, 4.69) is 26.5 Å². The number of halogens is 1. The van der Waals surface area contributed by atoms with Crippen LogP contribution in [0.3, 0.4) is 0 Å². The zero-order valence-corrected chi connectivity index (χ0v) is 12.6. The van der Waals surface area contributed by atoms with E-state index >= 15 is 0 Å². The largest absolute Gasteiger partial charge is 0.497 e. The first kappa shape index (κ1) is 14.3. The lowest BCUT2D eigenvalue weighted by atomic mass is 10.1. The Hall–Kier alpha value is -2.08. The zero-order chi connectivity index (χ0) is 14.5. The fourth-order valence-corrected chi connectivity index (χ4v) is 1.85. The van der Waals surface area contributed by atoms with Gasteiger partial charge in [0.2, 0.25) is 0 Å². The first-order chi connectivity index (χ1) is 9.60. The maximum absolute atomic E-state index is 11.8. The Labute approximate surface area is 124 Å². The second kappa shape index (κ2) is 6.38. The zero-order valence-electron chi connectivity index (χ0n) is 11.0. The Morgan fingerprint density at radius 2 is 2.15 bits per heavy atom. The number of hydrogen-bond acceptors (Lipinski definition) is 4. The molecule has 0 saturated heterocycles. The molecule has 20 heavy (non-hydrogen) atoms. The van der Waals surface area contributed by atoms with Gasteiger partial charge in [-0.2, -0.15) is 5.10 Å². The molecule has 1 amide bonds. The third-order valence-corrected chi connectivity index (χ3v) is 3.04. The van der Waals surface area contributed by atoms with Crippen LogP contribution < -0.4 is 10.2 Å². The van der Waals surface area contributed by atoms with Gasteiger partial charge in [0.1, 0.15) is 5.75 Å². The van der Waals surface area contributed by atoms with Gasteiger partial charge >= 0.3 is 5.91 Å². The lowest BCUT2D eigenvalue weighted by Gasteiger charge is -2.04. The highest BCUT2D eigenvalue weighted by Gasteiger charge is 2.09. The van der Waals surface area contributed by atoms with Gasteiger partial charge in [-0.05, 0) is 47.1 Å². The molecule has 0 aliphatic heterocycles. The minimum Gasteiger partial charge on any atom is -0.497 e. The highest BCUT2D eigenvalue weighted by atomic mass is 79.9. The molecule has 0 bridgehead atoms. The van der Waals surface area contributed by atoms with Gasteiger partial charge in [-0.1, -0.05) is 12.1 Å². The minimum absolute atomic E-state index is 0.194. The first-order valence-corrected chi connectivity index (χ1v) is 6.64. The number of carbonyl (C=O) groups is 1. The van der Waals surface area contributed by atoms with Gasteiger partial charge in [-0.25, -0.2) is 5.43 Å². The van der Waals surface area contributed by atoms with Crippen LogP contribution in [0.1, 0.15) is 23.0 Å². The van der Waals surface area contributed by atoms with Gasteiger partial charge in [0.05, 0.1) is 12.8 Å². The SMILES string of the molecule is COc1cccc(/C(C)=N/NC(=O)c2ccc(Br)o2)c1. The molecule has 1 heterocycles. The third-order valence-electron chi connectivity index (χ3n) is 2.61. The van der Waals surface area contributed by atoms with Crippen LogP contribution in [0.4, 0.5) is 0 Å². The van der Waals surface area contributed by atoms with Crippen molar-refractivity contribution in [3.63, 3.8) is 0 Å². The van der Waals surface area contributed by atoms with E-state index in [0.29, 0.717) is 10.4 Å². The molecular weight excluding hydrogens is 324 g/mol. The van der Waals surface area contributed by atoms with Gasteiger partial charge in [-0.15, -0.1) is 0 Å². The van der Waals surface area contributed by atoms with Crippen LogP contribution in [0.5, 0.6) is 5.75 Å². The van der Waals surface area contributed by atoms with E-state index < -0.39 is 5.91 Å². The maximum Gasteiger partial charge on any atom is 0.307 e. The average molecular weight is 337 g/mol. The predicted molar refractivity (Wildman–Crippen MR) is 79.1 cm³/mol. The summed E-state index contributed by atoms with van der Waals surface area (Å²) in [5.74, 6) is 0.523. The minimum atomic E-state index is -0.405. The highest BCUT2D eigenvalue weighted by Crippen LogP contribution is 2.14. The van der Waals surface area contributed by atoms with E-state index in [4.69, 9.17) is 9.15 Å². The second-order valence-electron chi connectivity index (χ2n) is 3.97. The summed E-state index contributed by atoms with van der Waals surface area (Å²) in [7, 11) is 1.60. The van der Waals surface area contributed by atoms with Crippen molar-refractivity contribution in [2.24, 2.45) is 5.10 Å². The van der Waals surface area contributed by atoms with Gasteiger partial charge in [0.25, 0.3) is 0 Å². The number of benzene rings is 1. The van der Waals surface area contributed by atoms with Crippen molar-refractivity contribution in [1.82, 2.24) is 5.43 Å². The lowest BCUT2D eigenvalue weighted by molar-refractivity contribution is 0.0926. The van der Waals surface area contributed by atoms with Crippen molar-refractivity contribution in [3.05, 3.63) is 52.4 Å². The Balaban J connectivity index is 2.08. The smallest absolute Gasteiger partial charge is 0.307 e. The molecule has 104 valence electrons. The topological polar surface area (TPSA) is 63.8 Å². The van der Waals surface area contributed by atoms with Crippen LogP contribution in [-0.4, -0.2) is 18.7 Å².